The Morgan fingerprint density at radius 2 is 1.88 bits per heavy atom. The molecule has 1 aromatic rings. The Morgan fingerprint density at radius 3 is 2.35 bits per heavy atom. The van der Waals surface area contributed by atoms with Crippen LogP contribution in [0.5, 0.6) is 0 Å². The molecule has 0 aromatic heterocycles. The van der Waals surface area contributed by atoms with Gasteiger partial charge < -0.3 is 14.8 Å². The number of rotatable bonds is 6. The quantitative estimate of drug-likeness (QED) is 0.774. The SMILES string of the molecule is CNC(Cc1ccc(F)cc1F)C(OC)OC. The van der Waals surface area contributed by atoms with Gasteiger partial charge in [0.2, 0.25) is 0 Å². The van der Waals surface area contributed by atoms with E-state index in [1.54, 1.807) is 7.05 Å². The molecule has 0 saturated carbocycles. The molecule has 1 aromatic carbocycles. The van der Waals surface area contributed by atoms with E-state index in [1.165, 1.54) is 26.4 Å². The number of hydrogen-bond donors (Lipinski definition) is 1. The molecule has 17 heavy (non-hydrogen) atoms. The summed E-state index contributed by atoms with van der Waals surface area (Å²) in [5.41, 5.74) is 0.421. The second-order valence-corrected chi connectivity index (χ2v) is 3.67. The van der Waals surface area contributed by atoms with Crippen LogP contribution in [0, 0.1) is 11.6 Å². The van der Waals surface area contributed by atoms with Crippen LogP contribution in [0.4, 0.5) is 8.78 Å². The molecule has 0 radical (unpaired) electrons. The minimum Gasteiger partial charge on any atom is -0.354 e. The maximum atomic E-state index is 13.5. The van der Waals surface area contributed by atoms with Gasteiger partial charge in [-0.05, 0) is 25.1 Å². The van der Waals surface area contributed by atoms with Gasteiger partial charge in [0.25, 0.3) is 0 Å². The van der Waals surface area contributed by atoms with E-state index in [0.717, 1.165) is 6.07 Å². The third kappa shape index (κ3) is 3.73. The lowest BCUT2D eigenvalue weighted by Crippen LogP contribution is -2.41. The molecule has 1 unspecified atom stereocenters. The van der Waals surface area contributed by atoms with Crippen LogP contribution in [0.2, 0.25) is 0 Å². The van der Waals surface area contributed by atoms with Crippen molar-refractivity contribution in [3.05, 3.63) is 35.4 Å². The van der Waals surface area contributed by atoms with E-state index in [9.17, 15) is 8.78 Å². The molecule has 0 aliphatic heterocycles. The molecule has 0 heterocycles. The van der Waals surface area contributed by atoms with Gasteiger partial charge in [-0.3, -0.25) is 0 Å². The lowest BCUT2D eigenvalue weighted by molar-refractivity contribution is -0.121. The molecule has 0 spiro atoms. The second kappa shape index (κ2) is 6.64. The van der Waals surface area contributed by atoms with E-state index in [-0.39, 0.29) is 6.04 Å². The van der Waals surface area contributed by atoms with Gasteiger partial charge >= 0.3 is 0 Å². The molecule has 0 fully saturated rings. The minimum absolute atomic E-state index is 0.204. The van der Waals surface area contributed by atoms with Crippen LogP contribution in [0.15, 0.2) is 18.2 Å². The highest BCUT2D eigenvalue weighted by molar-refractivity contribution is 5.19. The van der Waals surface area contributed by atoms with Crippen molar-refractivity contribution in [3.63, 3.8) is 0 Å². The summed E-state index contributed by atoms with van der Waals surface area (Å²) in [5.74, 6) is -1.14. The van der Waals surface area contributed by atoms with Crippen LogP contribution in [0.25, 0.3) is 0 Å². The number of halogens is 2. The zero-order chi connectivity index (χ0) is 12.8. The molecule has 96 valence electrons. The first-order valence-electron chi connectivity index (χ1n) is 5.29. The Bertz CT molecular complexity index is 356. The highest BCUT2D eigenvalue weighted by atomic mass is 19.1. The number of benzene rings is 1. The Morgan fingerprint density at radius 1 is 1.24 bits per heavy atom. The Labute approximate surface area is 99.7 Å². The standard InChI is InChI=1S/C12H17F2NO2/c1-15-11(12(16-2)17-3)6-8-4-5-9(13)7-10(8)14/h4-5,7,11-12,15H,6H2,1-3H3. The maximum Gasteiger partial charge on any atom is 0.172 e. The van der Waals surface area contributed by atoms with Gasteiger partial charge in [0.1, 0.15) is 11.6 Å². The van der Waals surface area contributed by atoms with E-state index in [2.05, 4.69) is 5.32 Å². The first-order chi connectivity index (χ1) is 8.12. The summed E-state index contributed by atoms with van der Waals surface area (Å²) in [4.78, 5) is 0. The van der Waals surface area contributed by atoms with Gasteiger partial charge in [0.15, 0.2) is 6.29 Å². The minimum atomic E-state index is -0.581. The first-order valence-corrected chi connectivity index (χ1v) is 5.29. The Hall–Kier alpha value is -1.04. The predicted octanol–water partition coefficient (Wildman–Crippen LogP) is 1.71. The topological polar surface area (TPSA) is 30.5 Å². The first kappa shape index (κ1) is 14.0. The summed E-state index contributed by atoms with van der Waals surface area (Å²) in [6.45, 7) is 0. The van der Waals surface area contributed by atoms with Crippen molar-refractivity contribution in [2.24, 2.45) is 0 Å². The van der Waals surface area contributed by atoms with Crippen molar-refractivity contribution in [2.45, 2.75) is 18.8 Å². The van der Waals surface area contributed by atoms with Crippen LogP contribution < -0.4 is 5.32 Å². The third-order valence-electron chi connectivity index (χ3n) is 2.62. The zero-order valence-corrected chi connectivity index (χ0v) is 10.2. The van der Waals surface area contributed by atoms with E-state index in [4.69, 9.17) is 9.47 Å². The average molecular weight is 245 g/mol. The number of nitrogens with one attached hydrogen (secondary N) is 1. The monoisotopic (exact) mass is 245 g/mol. The summed E-state index contributed by atoms with van der Waals surface area (Å²) in [5, 5.41) is 2.98. The van der Waals surface area contributed by atoms with E-state index < -0.39 is 17.9 Å². The number of likely N-dealkylation sites (N-methyl/N-ethyl adjacent to an activating group) is 1. The lowest BCUT2D eigenvalue weighted by Gasteiger charge is -2.24. The fourth-order valence-electron chi connectivity index (χ4n) is 1.68. The van der Waals surface area contributed by atoms with Gasteiger partial charge in [0, 0.05) is 20.3 Å². The van der Waals surface area contributed by atoms with Crippen molar-refractivity contribution in [1.29, 1.82) is 0 Å². The van der Waals surface area contributed by atoms with E-state index in [1.807, 2.05) is 0 Å². The Balaban J connectivity index is 2.80. The number of hydrogen-bond acceptors (Lipinski definition) is 3. The summed E-state index contributed by atoms with van der Waals surface area (Å²) >= 11 is 0. The molecule has 5 heteroatoms. The van der Waals surface area contributed by atoms with Crippen LogP contribution in [-0.4, -0.2) is 33.6 Å². The van der Waals surface area contributed by atoms with Gasteiger partial charge in [-0.2, -0.15) is 0 Å². The van der Waals surface area contributed by atoms with Gasteiger partial charge in [-0.15, -0.1) is 0 Å². The van der Waals surface area contributed by atoms with Crippen molar-refractivity contribution in [2.75, 3.05) is 21.3 Å². The molecular weight excluding hydrogens is 228 g/mol. The molecule has 0 bridgehead atoms. The van der Waals surface area contributed by atoms with Crippen molar-refractivity contribution < 1.29 is 18.3 Å². The summed E-state index contributed by atoms with van der Waals surface area (Å²) < 4.78 is 36.4. The van der Waals surface area contributed by atoms with Gasteiger partial charge in [-0.1, -0.05) is 6.07 Å². The second-order valence-electron chi connectivity index (χ2n) is 3.67. The van der Waals surface area contributed by atoms with Crippen molar-refractivity contribution >= 4 is 0 Å². The highest BCUT2D eigenvalue weighted by Crippen LogP contribution is 2.14. The summed E-state index contributed by atoms with van der Waals surface area (Å²) in [6.07, 6.45) is -0.126. The molecule has 0 aliphatic carbocycles. The molecule has 3 nitrogen and oxygen atoms in total. The van der Waals surface area contributed by atoms with Crippen LogP contribution in [-0.2, 0) is 15.9 Å². The third-order valence-corrected chi connectivity index (χ3v) is 2.62. The van der Waals surface area contributed by atoms with Crippen molar-refractivity contribution in [3.8, 4) is 0 Å². The highest BCUT2D eigenvalue weighted by Gasteiger charge is 2.20. The largest absolute Gasteiger partial charge is 0.354 e. The van der Waals surface area contributed by atoms with Crippen LogP contribution in [0.1, 0.15) is 5.56 Å². The average Bonchev–Trinajstić information content (AvgIpc) is 2.32. The molecule has 1 rings (SSSR count). The molecule has 0 aliphatic rings. The molecular formula is C12H17F2NO2. The van der Waals surface area contributed by atoms with Gasteiger partial charge in [0.05, 0.1) is 6.04 Å². The normalized spacial score (nSPS) is 13.1. The fraction of sp³-hybridized carbons (Fsp3) is 0.500. The summed E-state index contributed by atoms with van der Waals surface area (Å²) in [6, 6.07) is 3.33. The van der Waals surface area contributed by atoms with Crippen molar-refractivity contribution in [1.82, 2.24) is 5.32 Å². The molecule has 0 saturated heterocycles. The lowest BCUT2D eigenvalue weighted by atomic mass is 10.0. The van der Waals surface area contributed by atoms with Gasteiger partial charge in [-0.25, -0.2) is 8.78 Å². The molecule has 0 amide bonds. The molecule has 1 N–H and O–H groups in total. The summed E-state index contributed by atoms with van der Waals surface area (Å²) in [7, 11) is 4.76. The fourth-order valence-corrected chi connectivity index (χ4v) is 1.68. The number of ether oxygens (including phenoxy) is 2. The maximum absolute atomic E-state index is 13.5. The number of methoxy groups -OCH3 is 2. The van der Waals surface area contributed by atoms with Crippen LogP contribution >= 0.6 is 0 Å². The smallest absolute Gasteiger partial charge is 0.172 e. The predicted molar refractivity (Wildman–Crippen MR) is 60.7 cm³/mol. The van der Waals surface area contributed by atoms with E-state index in [0.29, 0.717) is 12.0 Å². The van der Waals surface area contributed by atoms with E-state index >= 15 is 0 Å². The molecule has 1 atom stereocenters. The van der Waals surface area contributed by atoms with Crippen LogP contribution in [0.3, 0.4) is 0 Å². The Kier molecular flexibility index (Phi) is 5.47. The zero-order valence-electron chi connectivity index (χ0n) is 10.2.